The van der Waals surface area contributed by atoms with Gasteiger partial charge in [-0.3, -0.25) is 9.78 Å². The van der Waals surface area contributed by atoms with Crippen molar-refractivity contribution in [3.63, 3.8) is 0 Å². The van der Waals surface area contributed by atoms with Gasteiger partial charge in [0.15, 0.2) is 0 Å². The predicted molar refractivity (Wildman–Crippen MR) is 83.8 cm³/mol. The zero-order valence-electron chi connectivity index (χ0n) is 12.7. The molecule has 0 bridgehead atoms. The number of benzene rings is 1. The fraction of sp³-hybridized carbons (Fsp3) is 0.412. The van der Waals surface area contributed by atoms with E-state index in [0.717, 1.165) is 34.4 Å². The quantitative estimate of drug-likeness (QED) is 0.920. The Hall–Kier alpha value is -2.10. The van der Waals surface area contributed by atoms with Crippen molar-refractivity contribution in [1.29, 1.82) is 0 Å². The summed E-state index contributed by atoms with van der Waals surface area (Å²) < 4.78 is 0. The van der Waals surface area contributed by atoms with Crippen molar-refractivity contribution >= 4 is 22.6 Å². The first kappa shape index (κ1) is 13.9. The number of fused-ring (bicyclic) bond motifs is 1. The molecule has 2 aromatic rings. The Morgan fingerprint density at radius 2 is 2.05 bits per heavy atom. The third kappa shape index (κ3) is 2.15. The number of nitrogens with zero attached hydrogens (tertiary/aromatic N) is 2. The third-order valence-electron chi connectivity index (χ3n) is 4.65. The first-order valence-electron chi connectivity index (χ1n) is 7.27. The number of anilines is 1. The Labute approximate surface area is 124 Å². The molecule has 1 aromatic carbocycles. The van der Waals surface area contributed by atoms with Crippen LogP contribution in [0.1, 0.15) is 24.6 Å². The van der Waals surface area contributed by atoms with Crippen molar-refractivity contribution in [2.24, 2.45) is 5.41 Å². The summed E-state index contributed by atoms with van der Waals surface area (Å²) in [6.07, 6.45) is 0.678. The normalized spacial score (nSPS) is 22.0. The van der Waals surface area contributed by atoms with E-state index in [1.165, 1.54) is 0 Å². The molecule has 3 rings (SSSR count). The fourth-order valence-corrected chi connectivity index (χ4v) is 3.14. The molecule has 0 saturated carbocycles. The van der Waals surface area contributed by atoms with Gasteiger partial charge in [-0.05, 0) is 38.8 Å². The first-order chi connectivity index (χ1) is 9.92. The first-order valence-corrected chi connectivity index (χ1v) is 7.27. The maximum absolute atomic E-state index is 11.5. The second kappa shape index (κ2) is 4.72. The van der Waals surface area contributed by atoms with Gasteiger partial charge in [-0.15, -0.1) is 0 Å². The molecule has 4 nitrogen and oxygen atoms in total. The van der Waals surface area contributed by atoms with Gasteiger partial charge >= 0.3 is 5.97 Å². The molecule has 1 saturated heterocycles. The Kier molecular flexibility index (Phi) is 3.12. The zero-order valence-corrected chi connectivity index (χ0v) is 12.7. The van der Waals surface area contributed by atoms with E-state index in [1.54, 1.807) is 0 Å². The van der Waals surface area contributed by atoms with Crippen LogP contribution in [0.15, 0.2) is 24.3 Å². The minimum Gasteiger partial charge on any atom is -0.481 e. The van der Waals surface area contributed by atoms with Crippen molar-refractivity contribution < 1.29 is 9.90 Å². The molecule has 1 atom stereocenters. The molecule has 0 radical (unpaired) electrons. The number of carboxylic acids is 1. The molecule has 1 aliphatic rings. The second-order valence-electron chi connectivity index (χ2n) is 6.23. The number of para-hydroxylation sites is 1. The van der Waals surface area contributed by atoms with Crippen LogP contribution in [0.3, 0.4) is 0 Å². The van der Waals surface area contributed by atoms with E-state index in [1.807, 2.05) is 32.0 Å². The van der Waals surface area contributed by atoms with Crippen molar-refractivity contribution in [3.05, 3.63) is 35.5 Å². The lowest BCUT2D eigenvalue weighted by Gasteiger charge is -2.25. The smallest absolute Gasteiger partial charge is 0.311 e. The topological polar surface area (TPSA) is 53.4 Å². The van der Waals surface area contributed by atoms with Crippen molar-refractivity contribution in [3.8, 4) is 0 Å². The van der Waals surface area contributed by atoms with Crippen LogP contribution < -0.4 is 4.90 Å². The number of hydrogen-bond donors (Lipinski definition) is 1. The average Bonchev–Trinajstić information content (AvgIpc) is 2.84. The van der Waals surface area contributed by atoms with Crippen molar-refractivity contribution in [1.82, 2.24) is 4.98 Å². The van der Waals surface area contributed by atoms with Gasteiger partial charge in [0, 0.05) is 24.2 Å². The molecule has 1 aliphatic heterocycles. The lowest BCUT2D eigenvalue weighted by molar-refractivity contribution is -0.146. The van der Waals surface area contributed by atoms with E-state index >= 15 is 0 Å². The number of carboxylic acid groups (broad SMARTS) is 1. The number of aryl methyl sites for hydroxylation is 1. The van der Waals surface area contributed by atoms with Crippen LogP contribution in [-0.4, -0.2) is 29.1 Å². The summed E-state index contributed by atoms with van der Waals surface area (Å²) in [5.74, 6) is -0.710. The van der Waals surface area contributed by atoms with Crippen LogP contribution >= 0.6 is 0 Å². The molecule has 2 heterocycles. The SMILES string of the molecule is Cc1nc2ccccc2c(N2CCC(C)(C(=O)O)C2)c1C. The van der Waals surface area contributed by atoms with Crippen LogP contribution in [0.5, 0.6) is 0 Å². The number of pyridine rings is 1. The van der Waals surface area contributed by atoms with Crippen molar-refractivity contribution in [2.45, 2.75) is 27.2 Å². The van der Waals surface area contributed by atoms with Crippen LogP contribution in [0.2, 0.25) is 0 Å². The maximum Gasteiger partial charge on any atom is 0.311 e. The molecule has 1 unspecified atom stereocenters. The molecule has 1 aromatic heterocycles. The maximum atomic E-state index is 11.5. The van der Waals surface area contributed by atoms with E-state index in [-0.39, 0.29) is 0 Å². The number of rotatable bonds is 2. The van der Waals surface area contributed by atoms with Crippen LogP contribution in [0, 0.1) is 19.3 Å². The molecule has 0 amide bonds. The minimum absolute atomic E-state index is 0.552. The molecular weight excluding hydrogens is 264 g/mol. The fourth-order valence-electron chi connectivity index (χ4n) is 3.14. The lowest BCUT2D eigenvalue weighted by atomic mass is 9.90. The molecule has 110 valence electrons. The van der Waals surface area contributed by atoms with Gasteiger partial charge < -0.3 is 10.0 Å². The highest BCUT2D eigenvalue weighted by Gasteiger charge is 2.41. The summed E-state index contributed by atoms with van der Waals surface area (Å²) in [5, 5.41) is 10.5. The van der Waals surface area contributed by atoms with E-state index in [9.17, 15) is 9.90 Å². The summed E-state index contributed by atoms with van der Waals surface area (Å²) in [4.78, 5) is 18.3. The second-order valence-corrected chi connectivity index (χ2v) is 6.23. The van der Waals surface area contributed by atoms with Gasteiger partial charge in [-0.1, -0.05) is 18.2 Å². The highest BCUT2D eigenvalue weighted by atomic mass is 16.4. The van der Waals surface area contributed by atoms with Gasteiger partial charge in [0.25, 0.3) is 0 Å². The van der Waals surface area contributed by atoms with Gasteiger partial charge in [-0.2, -0.15) is 0 Å². The van der Waals surface area contributed by atoms with E-state index in [0.29, 0.717) is 13.0 Å². The number of aromatic nitrogens is 1. The van der Waals surface area contributed by atoms with E-state index in [2.05, 4.69) is 22.9 Å². The van der Waals surface area contributed by atoms with Gasteiger partial charge in [0.2, 0.25) is 0 Å². The monoisotopic (exact) mass is 284 g/mol. The highest BCUT2D eigenvalue weighted by molar-refractivity contribution is 5.94. The van der Waals surface area contributed by atoms with E-state index in [4.69, 9.17) is 0 Å². The largest absolute Gasteiger partial charge is 0.481 e. The zero-order chi connectivity index (χ0) is 15.2. The van der Waals surface area contributed by atoms with Gasteiger partial charge in [0.1, 0.15) is 0 Å². The minimum atomic E-state index is -0.710. The summed E-state index contributed by atoms with van der Waals surface area (Å²) in [6, 6.07) is 8.08. The molecule has 1 fully saturated rings. The number of carbonyl (C=O) groups is 1. The van der Waals surface area contributed by atoms with Crippen LogP contribution in [-0.2, 0) is 4.79 Å². The average molecular weight is 284 g/mol. The number of hydrogen-bond acceptors (Lipinski definition) is 3. The van der Waals surface area contributed by atoms with Crippen molar-refractivity contribution in [2.75, 3.05) is 18.0 Å². The lowest BCUT2D eigenvalue weighted by Crippen LogP contribution is -2.32. The van der Waals surface area contributed by atoms with E-state index < -0.39 is 11.4 Å². The molecule has 0 aliphatic carbocycles. The third-order valence-corrected chi connectivity index (χ3v) is 4.65. The molecule has 0 spiro atoms. The molecule has 4 heteroatoms. The molecule has 21 heavy (non-hydrogen) atoms. The van der Waals surface area contributed by atoms with Gasteiger partial charge in [-0.25, -0.2) is 0 Å². The van der Waals surface area contributed by atoms with Crippen LogP contribution in [0.25, 0.3) is 10.9 Å². The summed E-state index contributed by atoms with van der Waals surface area (Å²) in [7, 11) is 0. The standard InChI is InChI=1S/C17H20N2O2/c1-11-12(2)18-14-7-5-4-6-13(14)15(11)19-9-8-17(3,10-19)16(20)21/h4-7H,8-10H2,1-3H3,(H,20,21). The molecular formula is C17H20N2O2. The Morgan fingerprint density at radius 1 is 1.33 bits per heavy atom. The highest BCUT2D eigenvalue weighted by Crippen LogP contribution is 2.38. The predicted octanol–water partition coefficient (Wildman–Crippen LogP) is 3.15. The van der Waals surface area contributed by atoms with Gasteiger partial charge in [0.05, 0.1) is 16.6 Å². The summed E-state index contributed by atoms with van der Waals surface area (Å²) in [6.45, 7) is 7.24. The Morgan fingerprint density at radius 3 is 2.71 bits per heavy atom. The summed E-state index contributed by atoms with van der Waals surface area (Å²) in [5.41, 5.74) is 3.60. The Balaban J connectivity index is 2.13. The molecule has 1 N–H and O–H groups in total. The Bertz CT molecular complexity index is 726. The number of aliphatic carboxylic acids is 1. The summed E-state index contributed by atoms with van der Waals surface area (Å²) >= 11 is 0. The van der Waals surface area contributed by atoms with Crippen LogP contribution in [0.4, 0.5) is 5.69 Å².